The number of amides is 1. The van der Waals surface area contributed by atoms with Gasteiger partial charge >= 0.3 is 0 Å². The molecule has 1 atom stereocenters. The van der Waals surface area contributed by atoms with Crippen molar-refractivity contribution in [2.75, 3.05) is 18.4 Å². The van der Waals surface area contributed by atoms with E-state index in [0.29, 0.717) is 25.1 Å². The Labute approximate surface area is 141 Å². The van der Waals surface area contributed by atoms with Crippen LogP contribution in [0.4, 0.5) is 5.69 Å². The van der Waals surface area contributed by atoms with Crippen molar-refractivity contribution in [2.24, 2.45) is 5.92 Å². The Morgan fingerprint density at radius 1 is 1.17 bits per heavy atom. The van der Waals surface area contributed by atoms with Crippen LogP contribution in [0.2, 0.25) is 0 Å². The summed E-state index contributed by atoms with van der Waals surface area (Å²) in [4.78, 5) is 16.6. The minimum absolute atomic E-state index is 0.170. The molecule has 0 aliphatic carbocycles. The van der Waals surface area contributed by atoms with Crippen molar-refractivity contribution in [3.63, 3.8) is 0 Å². The fourth-order valence-electron chi connectivity index (χ4n) is 2.80. The Morgan fingerprint density at radius 2 is 1.96 bits per heavy atom. The number of pyridine rings is 1. The largest absolute Gasteiger partial charge is 0.324 e. The van der Waals surface area contributed by atoms with Crippen LogP contribution in [-0.4, -0.2) is 36.7 Å². The number of nitrogens with one attached hydrogen (secondary N) is 1. The van der Waals surface area contributed by atoms with Gasteiger partial charge in [0.25, 0.3) is 0 Å². The maximum absolute atomic E-state index is 12.7. The lowest BCUT2D eigenvalue weighted by atomic mass is 9.99. The summed E-state index contributed by atoms with van der Waals surface area (Å²) < 4.78 is 26.8. The van der Waals surface area contributed by atoms with Crippen LogP contribution in [0.3, 0.4) is 0 Å². The van der Waals surface area contributed by atoms with E-state index in [9.17, 15) is 13.2 Å². The maximum Gasteiger partial charge on any atom is 0.243 e. The first kappa shape index (κ1) is 16.6. The van der Waals surface area contributed by atoms with Gasteiger partial charge in [0.05, 0.1) is 22.7 Å². The molecule has 24 heavy (non-hydrogen) atoms. The van der Waals surface area contributed by atoms with E-state index in [0.717, 1.165) is 0 Å². The number of carbonyl (C=O) groups is 1. The van der Waals surface area contributed by atoms with E-state index in [1.165, 1.54) is 4.31 Å². The summed E-state index contributed by atoms with van der Waals surface area (Å²) >= 11 is 0. The topological polar surface area (TPSA) is 79.4 Å². The van der Waals surface area contributed by atoms with Gasteiger partial charge in [0.1, 0.15) is 0 Å². The van der Waals surface area contributed by atoms with Crippen molar-refractivity contribution in [2.45, 2.75) is 17.7 Å². The molecule has 0 unspecified atom stereocenters. The third kappa shape index (κ3) is 3.63. The lowest BCUT2D eigenvalue weighted by Gasteiger charge is -2.31. The molecular formula is C17H19N3O3S. The molecule has 2 heterocycles. The van der Waals surface area contributed by atoms with Crippen LogP contribution in [0.25, 0.3) is 0 Å². The molecule has 1 fully saturated rings. The van der Waals surface area contributed by atoms with Crippen molar-refractivity contribution in [1.82, 2.24) is 9.29 Å². The zero-order valence-corrected chi connectivity index (χ0v) is 13.9. The Kier molecular flexibility index (Phi) is 4.92. The van der Waals surface area contributed by atoms with Crippen LogP contribution >= 0.6 is 0 Å². The second-order valence-corrected chi connectivity index (χ2v) is 7.68. The number of aromatic nitrogens is 1. The number of nitrogens with zero attached hydrogens (tertiary/aromatic N) is 2. The molecule has 7 heteroatoms. The smallest absolute Gasteiger partial charge is 0.243 e. The first-order valence-corrected chi connectivity index (χ1v) is 9.27. The number of benzene rings is 1. The van der Waals surface area contributed by atoms with E-state index in [-0.39, 0.29) is 23.3 Å². The molecule has 1 aromatic heterocycles. The SMILES string of the molecule is O=C(Nc1cccnc1)[C@H]1CCCN(S(=O)(=O)c2ccccc2)C1. The van der Waals surface area contributed by atoms with Crippen molar-refractivity contribution in [3.05, 3.63) is 54.9 Å². The van der Waals surface area contributed by atoms with E-state index in [2.05, 4.69) is 10.3 Å². The first-order chi connectivity index (χ1) is 11.6. The van der Waals surface area contributed by atoms with E-state index in [4.69, 9.17) is 0 Å². The molecule has 0 radical (unpaired) electrons. The third-order valence-electron chi connectivity index (χ3n) is 4.06. The highest BCUT2D eigenvalue weighted by molar-refractivity contribution is 7.89. The highest BCUT2D eigenvalue weighted by Crippen LogP contribution is 2.24. The summed E-state index contributed by atoms with van der Waals surface area (Å²) in [6.45, 7) is 0.636. The van der Waals surface area contributed by atoms with Crippen molar-refractivity contribution in [3.8, 4) is 0 Å². The molecule has 3 rings (SSSR count). The molecular weight excluding hydrogens is 326 g/mol. The van der Waals surface area contributed by atoms with E-state index < -0.39 is 10.0 Å². The van der Waals surface area contributed by atoms with Crippen molar-refractivity contribution >= 4 is 21.6 Å². The van der Waals surface area contributed by atoms with E-state index in [1.807, 2.05) is 0 Å². The average Bonchev–Trinajstić information content (AvgIpc) is 2.63. The summed E-state index contributed by atoms with van der Waals surface area (Å²) in [6.07, 6.45) is 4.54. The van der Waals surface area contributed by atoms with Gasteiger partial charge in [0.15, 0.2) is 0 Å². The van der Waals surface area contributed by atoms with Gasteiger partial charge in [0.2, 0.25) is 15.9 Å². The molecule has 1 saturated heterocycles. The van der Waals surface area contributed by atoms with Crippen LogP contribution in [0, 0.1) is 5.92 Å². The summed E-state index contributed by atoms with van der Waals surface area (Å²) in [7, 11) is -3.56. The van der Waals surface area contributed by atoms with Crippen LogP contribution < -0.4 is 5.32 Å². The Morgan fingerprint density at radius 3 is 2.67 bits per heavy atom. The zero-order chi connectivity index (χ0) is 17.0. The van der Waals surface area contributed by atoms with Gasteiger partial charge < -0.3 is 5.32 Å². The number of hydrogen-bond acceptors (Lipinski definition) is 4. The lowest BCUT2D eigenvalue weighted by molar-refractivity contribution is -0.120. The van der Waals surface area contributed by atoms with Crippen molar-refractivity contribution < 1.29 is 13.2 Å². The van der Waals surface area contributed by atoms with E-state index in [1.54, 1.807) is 54.9 Å². The molecule has 126 valence electrons. The number of hydrogen-bond donors (Lipinski definition) is 1. The Hall–Kier alpha value is -2.25. The van der Waals surface area contributed by atoms with Crippen LogP contribution in [0.5, 0.6) is 0 Å². The molecule has 0 saturated carbocycles. The Balaban J connectivity index is 1.71. The number of carbonyl (C=O) groups excluding carboxylic acids is 1. The average molecular weight is 345 g/mol. The highest BCUT2D eigenvalue weighted by Gasteiger charge is 2.33. The van der Waals surface area contributed by atoms with Crippen LogP contribution in [0.15, 0.2) is 59.8 Å². The van der Waals surface area contributed by atoms with Gasteiger partial charge in [-0.1, -0.05) is 18.2 Å². The van der Waals surface area contributed by atoms with Gasteiger partial charge in [-0.15, -0.1) is 0 Å². The van der Waals surface area contributed by atoms with Crippen LogP contribution in [-0.2, 0) is 14.8 Å². The maximum atomic E-state index is 12.7. The fourth-order valence-corrected chi connectivity index (χ4v) is 4.34. The third-order valence-corrected chi connectivity index (χ3v) is 5.94. The lowest BCUT2D eigenvalue weighted by Crippen LogP contribution is -2.43. The number of rotatable bonds is 4. The van der Waals surface area contributed by atoms with Gasteiger partial charge in [-0.05, 0) is 37.1 Å². The molecule has 2 aromatic rings. The minimum Gasteiger partial charge on any atom is -0.324 e. The molecule has 0 bridgehead atoms. The minimum atomic E-state index is -3.56. The Bertz CT molecular complexity index is 794. The van der Waals surface area contributed by atoms with Gasteiger partial charge in [-0.2, -0.15) is 4.31 Å². The predicted molar refractivity (Wildman–Crippen MR) is 90.8 cm³/mol. The normalized spacial score (nSPS) is 18.9. The van der Waals surface area contributed by atoms with Crippen molar-refractivity contribution in [1.29, 1.82) is 0 Å². The fraction of sp³-hybridized carbons (Fsp3) is 0.294. The highest BCUT2D eigenvalue weighted by atomic mass is 32.2. The number of piperidine rings is 1. The molecule has 1 N–H and O–H groups in total. The second kappa shape index (κ2) is 7.11. The molecule has 6 nitrogen and oxygen atoms in total. The molecule has 1 aliphatic heterocycles. The molecule has 0 spiro atoms. The van der Waals surface area contributed by atoms with Crippen LogP contribution in [0.1, 0.15) is 12.8 Å². The molecule has 1 aliphatic rings. The molecule has 1 amide bonds. The summed E-state index contributed by atoms with van der Waals surface area (Å²) in [6, 6.07) is 11.8. The van der Waals surface area contributed by atoms with Gasteiger partial charge in [-0.25, -0.2) is 8.42 Å². The predicted octanol–water partition coefficient (Wildman–Crippen LogP) is 2.12. The van der Waals surface area contributed by atoms with E-state index >= 15 is 0 Å². The second-order valence-electron chi connectivity index (χ2n) is 5.75. The standard InChI is InChI=1S/C17H19N3O3S/c21-17(19-15-7-4-10-18-12-15)14-6-5-11-20(13-14)24(22,23)16-8-2-1-3-9-16/h1-4,7-10,12,14H,5-6,11,13H2,(H,19,21)/t14-/m0/s1. The quantitative estimate of drug-likeness (QED) is 0.920. The number of anilines is 1. The first-order valence-electron chi connectivity index (χ1n) is 7.83. The monoisotopic (exact) mass is 345 g/mol. The summed E-state index contributed by atoms with van der Waals surface area (Å²) in [5.41, 5.74) is 0.616. The summed E-state index contributed by atoms with van der Waals surface area (Å²) in [5, 5.41) is 2.80. The number of sulfonamides is 1. The summed E-state index contributed by atoms with van der Waals surface area (Å²) in [5.74, 6) is -0.534. The molecule has 1 aromatic carbocycles. The van der Waals surface area contributed by atoms with Gasteiger partial charge in [0, 0.05) is 19.3 Å². The zero-order valence-electron chi connectivity index (χ0n) is 13.1. The van der Waals surface area contributed by atoms with Gasteiger partial charge in [-0.3, -0.25) is 9.78 Å².